The standard InChI is InChI=1S/C10H14F3N3O3/c11-10(12,13)6-18-4-7-15-8(19-16-7)9(17)2-1-3-14-5-9/h14,17H,1-6H2. The summed E-state index contributed by atoms with van der Waals surface area (Å²) in [7, 11) is 0. The van der Waals surface area contributed by atoms with Crippen LogP contribution in [0.1, 0.15) is 24.6 Å². The van der Waals surface area contributed by atoms with Gasteiger partial charge in [0.1, 0.15) is 13.2 Å². The lowest BCUT2D eigenvalue weighted by Crippen LogP contribution is -2.43. The third-order valence-electron chi connectivity index (χ3n) is 2.72. The molecule has 1 aromatic rings. The molecule has 1 atom stereocenters. The highest BCUT2D eigenvalue weighted by atomic mass is 19.4. The summed E-state index contributed by atoms with van der Waals surface area (Å²) < 4.78 is 44.9. The van der Waals surface area contributed by atoms with Crippen LogP contribution < -0.4 is 5.32 Å². The summed E-state index contributed by atoms with van der Waals surface area (Å²) in [6.45, 7) is -0.717. The third kappa shape index (κ3) is 3.88. The zero-order valence-corrected chi connectivity index (χ0v) is 10.0. The fourth-order valence-corrected chi connectivity index (χ4v) is 1.83. The first-order chi connectivity index (χ1) is 8.89. The van der Waals surface area contributed by atoms with Gasteiger partial charge in [0, 0.05) is 6.54 Å². The van der Waals surface area contributed by atoms with Crippen LogP contribution in [0, 0.1) is 0 Å². The van der Waals surface area contributed by atoms with Crippen LogP contribution >= 0.6 is 0 Å². The van der Waals surface area contributed by atoms with Gasteiger partial charge in [0.25, 0.3) is 5.89 Å². The van der Waals surface area contributed by atoms with Gasteiger partial charge >= 0.3 is 6.18 Å². The Labute approximate surface area is 106 Å². The van der Waals surface area contributed by atoms with E-state index in [0.29, 0.717) is 6.42 Å². The van der Waals surface area contributed by atoms with E-state index in [4.69, 9.17) is 4.52 Å². The number of aliphatic hydroxyl groups is 1. The van der Waals surface area contributed by atoms with E-state index in [2.05, 4.69) is 20.2 Å². The molecular weight excluding hydrogens is 267 g/mol. The van der Waals surface area contributed by atoms with Gasteiger partial charge in [0.05, 0.1) is 0 Å². The molecule has 0 bridgehead atoms. The first-order valence-electron chi connectivity index (χ1n) is 5.80. The molecule has 1 aliphatic heterocycles. The first kappa shape index (κ1) is 14.2. The van der Waals surface area contributed by atoms with Crippen LogP contribution in [0.5, 0.6) is 0 Å². The predicted molar refractivity (Wildman–Crippen MR) is 56.0 cm³/mol. The second-order valence-corrected chi connectivity index (χ2v) is 4.44. The fourth-order valence-electron chi connectivity index (χ4n) is 1.83. The van der Waals surface area contributed by atoms with Crippen molar-refractivity contribution in [3.8, 4) is 0 Å². The van der Waals surface area contributed by atoms with E-state index in [1.165, 1.54) is 0 Å². The smallest absolute Gasteiger partial charge is 0.379 e. The second kappa shape index (κ2) is 5.43. The van der Waals surface area contributed by atoms with Crippen molar-refractivity contribution in [1.82, 2.24) is 15.5 Å². The van der Waals surface area contributed by atoms with Crippen LogP contribution in [0.4, 0.5) is 13.2 Å². The average molecular weight is 281 g/mol. The third-order valence-corrected chi connectivity index (χ3v) is 2.72. The molecule has 1 unspecified atom stereocenters. The van der Waals surface area contributed by atoms with Crippen molar-refractivity contribution < 1.29 is 27.5 Å². The van der Waals surface area contributed by atoms with Crippen LogP contribution in [0.15, 0.2) is 4.52 Å². The van der Waals surface area contributed by atoms with Gasteiger partial charge < -0.3 is 19.7 Å². The van der Waals surface area contributed by atoms with Crippen LogP contribution in [0.3, 0.4) is 0 Å². The van der Waals surface area contributed by atoms with Gasteiger partial charge in [-0.2, -0.15) is 18.2 Å². The number of rotatable bonds is 4. The Balaban J connectivity index is 1.91. The molecule has 2 N–H and O–H groups in total. The predicted octanol–water partition coefficient (Wildman–Crippen LogP) is 0.719. The monoisotopic (exact) mass is 281 g/mol. The van der Waals surface area contributed by atoms with Crippen molar-refractivity contribution in [2.75, 3.05) is 19.7 Å². The Morgan fingerprint density at radius 1 is 1.47 bits per heavy atom. The number of nitrogens with zero attached hydrogens (tertiary/aromatic N) is 2. The van der Waals surface area contributed by atoms with Crippen molar-refractivity contribution in [3.05, 3.63) is 11.7 Å². The van der Waals surface area contributed by atoms with E-state index in [1.807, 2.05) is 0 Å². The molecule has 2 rings (SSSR count). The maximum Gasteiger partial charge on any atom is 0.411 e. The molecule has 1 saturated heterocycles. The van der Waals surface area contributed by atoms with Crippen molar-refractivity contribution in [3.63, 3.8) is 0 Å². The van der Waals surface area contributed by atoms with Crippen molar-refractivity contribution >= 4 is 0 Å². The normalized spacial score (nSPS) is 24.6. The van der Waals surface area contributed by atoms with E-state index in [9.17, 15) is 18.3 Å². The number of aromatic nitrogens is 2. The molecule has 1 aromatic heterocycles. The molecule has 0 spiro atoms. The number of ether oxygens (including phenoxy) is 1. The minimum atomic E-state index is -4.39. The highest BCUT2D eigenvalue weighted by molar-refractivity contribution is 5.01. The first-order valence-corrected chi connectivity index (χ1v) is 5.80. The largest absolute Gasteiger partial charge is 0.411 e. The van der Waals surface area contributed by atoms with Crippen LogP contribution in [0.2, 0.25) is 0 Å². The Morgan fingerprint density at radius 2 is 2.26 bits per heavy atom. The van der Waals surface area contributed by atoms with Gasteiger partial charge in [-0.1, -0.05) is 5.16 Å². The summed E-state index contributed by atoms with van der Waals surface area (Å²) >= 11 is 0. The summed E-state index contributed by atoms with van der Waals surface area (Å²) in [6.07, 6.45) is -3.18. The Hall–Kier alpha value is -1.19. The van der Waals surface area contributed by atoms with E-state index in [-0.39, 0.29) is 18.3 Å². The number of nitrogens with one attached hydrogen (secondary N) is 1. The summed E-state index contributed by atoms with van der Waals surface area (Å²) in [5.74, 6) is -0.0106. The molecule has 6 nitrogen and oxygen atoms in total. The summed E-state index contributed by atoms with van der Waals surface area (Å²) in [5, 5.41) is 16.7. The van der Waals surface area contributed by atoms with Crippen molar-refractivity contribution in [1.29, 1.82) is 0 Å². The topological polar surface area (TPSA) is 80.4 Å². The summed E-state index contributed by atoms with van der Waals surface area (Å²) in [4.78, 5) is 3.87. The molecular formula is C10H14F3N3O3. The zero-order valence-electron chi connectivity index (χ0n) is 10.0. The minimum absolute atomic E-state index is 0.00492. The quantitative estimate of drug-likeness (QED) is 0.846. The SMILES string of the molecule is OC1(c2nc(COCC(F)(F)F)no2)CCCNC1. The molecule has 0 aromatic carbocycles. The molecule has 19 heavy (non-hydrogen) atoms. The number of alkyl halides is 3. The van der Waals surface area contributed by atoms with Crippen molar-refractivity contribution in [2.45, 2.75) is 31.2 Å². The molecule has 9 heteroatoms. The van der Waals surface area contributed by atoms with Gasteiger partial charge in [0.2, 0.25) is 0 Å². The van der Waals surface area contributed by atoms with E-state index in [1.54, 1.807) is 0 Å². The van der Waals surface area contributed by atoms with Gasteiger partial charge in [-0.3, -0.25) is 0 Å². The molecule has 1 fully saturated rings. The molecule has 108 valence electrons. The van der Waals surface area contributed by atoms with Crippen LogP contribution in [0.25, 0.3) is 0 Å². The minimum Gasteiger partial charge on any atom is -0.379 e. The number of hydrogen-bond acceptors (Lipinski definition) is 6. The maximum absolute atomic E-state index is 11.9. The summed E-state index contributed by atoms with van der Waals surface area (Å²) in [6, 6.07) is 0. The van der Waals surface area contributed by atoms with E-state index < -0.39 is 25.0 Å². The Bertz CT molecular complexity index is 416. The summed E-state index contributed by atoms with van der Waals surface area (Å²) in [5.41, 5.74) is -1.26. The van der Waals surface area contributed by atoms with Gasteiger partial charge in [-0.05, 0) is 19.4 Å². The molecule has 0 saturated carbocycles. The average Bonchev–Trinajstić information content (AvgIpc) is 2.78. The maximum atomic E-state index is 11.9. The molecule has 0 aliphatic carbocycles. The van der Waals surface area contributed by atoms with Gasteiger partial charge in [-0.25, -0.2) is 0 Å². The van der Waals surface area contributed by atoms with Gasteiger partial charge in [-0.15, -0.1) is 0 Å². The second-order valence-electron chi connectivity index (χ2n) is 4.44. The molecule has 0 amide bonds. The lowest BCUT2D eigenvalue weighted by atomic mass is 9.94. The number of hydrogen-bond donors (Lipinski definition) is 2. The number of halogens is 3. The number of β-amino-alcohol motifs (C(OH)–C–C–N with tert-alkyl or cyclic N) is 1. The molecule has 2 heterocycles. The highest BCUT2D eigenvalue weighted by Gasteiger charge is 2.37. The molecule has 0 radical (unpaired) electrons. The fraction of sp³-hybridized carbons (Fsp3) is 0.800. The van der Waals surface area contributed by atoms with Crippen LogP contribution in [-0.4, -0.2) is 41.1 Å². The van der Waals surface area contributed by atoms with E-state index in [0.717, 1.165) is 13.0 Å². The highest BCUT2D eigenvalue weighted by Crippen LogP contribution is 2.26. The lowest BCUT2D eigenvalue weighted by Gasteiger charge is -2.28. The Kier molecular flexibility index (Phi) is 4.07. The van der Waals surface area contributed by atoms with Crippen LogP contribution in [-0.2, 0) is 16.9 Å². The van der Waals surface area contributed by atoms with E-state index >= 15 is 0 Å². The lowest BCUT2D eigenvalue weighted by molar-refractivity contribution is -0.177. The zero-order chi connectivity index (χ0) is 13.9. The van der Waals surface area contributed by atoms with Gasteiger partial charge in [0.15, 0.2) is 11.4 Å². The van der Waals surface area contributed by atoms with Crippen molar-refractivity contribution in [2.24, 2.45) is 0 Å². The molecule has 1 aliphatic rings. The Morgan fingerprint density at radius 3 is 2.89 bits per heavy atom. The number of piperidine rings is 1.